The zero-order valence-corrected chi connectivity index (χ0v) is 25.8. The number of pyridine rings is 2. The molecule has 0 aliphatic heterocycles. The highest BCUT2D eigenvalue weighted by Gasteiger charge is 2.30. The molecule has 0 aromatic carbocycles. The first-order valence-electron chi connectivity index (χ1n) is 13.7. The molecule has 0 unspecified atom stereocenters. The molecule has 3 heterocycles. The maximum absolute atomic E-state index is 12.6. The molecule has 0 bridgehead atoms. The lowest BCUT2D eigenvalue weighted by atomic mass is 10.1. The Morgan fingerprint density at radius 3 is 2.52 bits per heavy atom. The van der Waals surface area contributed by atoms with Crippen molar-refractivity contribution in [3.05, 3.63) is 30.6 Å². The minimum absolute atomic E-state index is 0.00660. The Morgan fingerprint density at radius 2 is 1.90 bits per heavy atom. The molecule has 3 aromatic heterocycles. The summed E-state index contributed by atoms with van der Waals surface area (Å²) in [6, 6.07) is 6.52. The number of nitrogens with zero attached hydrogens (tertiary/aromatic N) is 4. The molecule has 0 radical (unpaired) electrons. The third-order valence-corrected chi connectivity index (χ3v) is 8.23. The molecule has 216 valence electrons. The predicted octanol–water partition coefficient (Wildman–Crippen LogP) is 6.14. The molecule has 3 aromatic rings. The van der Waals surface area contributed by atoms with Gasteiger partial charge in [0.05, 0.1) is 7.11 Å². The number of ether oxygens (including phenoxy) is 3. The fraction of sp³-hybridized carbons (Fsp3) is 0.517. The molecule has 10 nitrogen and oxygen atoms in total. The first-order valence-corrected chi connectivity index (χ1v) is 17.4. The summed E-state index contributed by atoms with van der Waals surface area (Å²) in [6.07, 6.45) is 4.99. The molecule has 1 fully saturated rings. The minimum Gasteiger partial charge on any atom is -0.496 e. The van der Waals surface area contributed by atoms with Crippen molar-refractivity contribution in [3.63, 3.8) is 0 Å². The molecule has 1 aliphatic rings. The summed E-state index contributed by atoms with van der Waals surface area (Å²) in [5, 5.41) is 3.81. The molecule has 0 saturated heterocycles. The molecule has 1 N–H and O–H groups in total. The molecule has 2 amide bonds. The van der Waals surface area contributed by atoms with Crippen molar-refractivity contribution >= 4 is 42.7 Å². The summed E-state index contributed by atoms with van der Waals surface area (Å²) >= 11 is 0. The molecular formula is C29H41N5O5Si. The fourth-order valence-electron chi connectivity index (χ4n) is 4.07. The topological polar surface area (TPSA) is 108 Å². The largest absolute Gasteiger partial charge is 0.496 e. The highest BCUT2D eigenvalue weighted by molar-refractivity contribution is 6.76. The van der Waals surface area contributed by atoms with Crippen molar-refractivity contribution in [1.82, 2.24) is 14.5 Å². The summed E-state index contributed by atoms with van der Waals surface area (Å²) < 4.78 is 19.2. The molecule has 1 saturated carbocycles. The maximum atomic E-state index is 12.6. The van der Waals surface area contributed by atoms with E-state index < -0.39 is 19.8 Å². The van der Waals surface area contributed by atoms with Gasteiger partial charge in [0.25, 0.3) is 0 Å². The lowest BCUT2D eigenvalue weighted by Crippen LogP contribution is -2.34. The Balaban J connectivity index is 1.68. The van der Waals surface area contributed by atoms with Gasteiger partial charge in [-0.2, -0.15) is 0 Å². The number of carbonyl (C=O) groups excluding carboxylic acids is 2. The normalized spacial score (nSPS) is 13.8. The van der Waals surface area contributed by atoms with Gasteiger partial charge in [-0.1, -0.05) is 19.6 Å². The van der Waals surface area contributed by atoms with Crippen molar-refractivity contribution in [2.24, 2.45) is 5.92 Å². The zero-order chi connectivity index (χ0) is 29.2. The van der Waals surface area contributed by atoms with Crippen molar-refractivity contribution in [2.45, 2.75) is 71.6 Å². The van der Waals surface area contributed by atoms with Gasteiger partial charge in [0.1, 0.15) is 35.4 Å². The van der Waals surface area contributed by atoms with Gasteiger partial charge in [-0.05, 0) is 51.8 Å². The van der Waals surface area contributed by atoms with Gasteiger partial charge in [-0.3, -0.25) is 9.69 Å². The second-order valence-corrected chi connectivity index (χ2v) is 18.1. The number of hydrogen-bond acceptors (Lipinski definition) is 7. The van der Waals surface area contributed by atoms with Crippen LogP contribution in [-0.2, 0) is 21.0 Å². The van der Waals surface area contributed by atoms with E-state index in [1.165, 1.54) is 4.90 Å². The van der Waals surface area contributed by atoms with Crippen molar-refractivity contribution in [1.29, 1.82) is 0 Å². The van der Waals surface area contributed by atoms with Gasteiger partial charge in [-0.25, -0.2) is 14.8 Å². The van der Waals surface area contributed by atoms with Gasteiger partial charge < -0.3 is 24.1 Å². The van der Waals surface area contributed by atoms with E-state index in [0.717, 1.165) is 35.4 Å². The van der Waals surface area contributed by atoms with Crippen LogP contribution in [-0.4, -0.2) is 61.0 Å². The van der Waals surface area contributed by atoms with Crippen LogP contribution >= 0.6 is 0 Å². The van der Waals surface area contributed by atoms with Crippen LogP contribution in [0.1, 0.15) is 33.6 Å². The number of anilines is 2. The second-order valence-electron chi connectivity index (χ2n) is 12.5. The summed E-state index contributed by atoms with van der Waals surface area (Å²) in [4.78, 5) is 35.7. The number of methoxy groups -OCH3 is 1. The van der Waals surface area contributed by atoms with E-state index in [1.54, 1.807) is 26.4 Å². The van der Waals surface area contributed by atoms with E-state index in [4.69, 9.17) is 19.2 Å². The smallest absolute Gasteiger partial charge is 0.415 e. The number of rotatable bonds is 10. The summed E-state index contributed by atoms with van der Waals surface area (Å²) in [5.74, 6) is 1.54. The third-order valence-electron chi connectivity index (χ3n) is 6.52. The van der Waals surface area contributed by atoms with Gasteiger partial charge in [0.15, 0.2) is 0 Å². The highest BCUT2D eigenvalue weighted by atomic mass is 28.3. The van der Waals surface area contributed by atoms with E-state index in [2.05, 4.69) is 29.9 Å². The van der Waals surface area contributed by atoms with E-state index in [1.807, 2.05) is 43.7 Å². The summed E-state index contributed by atoms with van der Waals surface area (Å²) in [6.45, 7) is 13.4. The second kappa shape index (κ2) is 11.6. The summed E-state index contributed by atoms with van der Waals surface area (Å²) in [5.41, 5.74) is 1.66. The van der Waals surface area contributed by atoms with Gasteiger partial charge in [-0.15, -0.1) is 0 Å². The minimum atomic E-state index is -1.24. The van der Waals surface area contributed by atoms with Crippen molar-refractivity contribution in [3.8, 4) is 16.9 Å². The first kappa shape index (κ1) is 29.5. The number of aromatic nitrogens is 3. The Morgan fingerprint density at radius 1 is 1.18 bits per heavy atom. The average molecular weight is 568 g/mol. The Kier molecular flexibility index (Phi) is 8.55. The molecule has 11 heteroatoms. The van der Waals surface area contributed by atoms with Crippen LogP contribution in [0.3, 0.4) is 0 Å². The first-order chi connectivity index (χ1) is 18.8. The maximum Gasteiger partial charge on any atom is 0.415 e. The summed E-state index contributed by atoms with van der Waals surface area (Å²) in [7, 11) is 1.96. The number of hydrogen-bond donors (Lipinski definition) is 1. The Bertz CT molecular complexity index is 1390. The zero-order valence-electron chi connectivity index (χ0n) is 24.8. The number of fused-ring (bicyclic) bond motifs is 1. The van der Waals surface area contributed by atoms with Gasteiger partial charge in [0.2, 0.25) is 5.91 Å². The number of amides is 2. The number of carbonyl (C=O) groups is 2. The van der Waals surface area contributed by atoms with Crippen molar-refractivity contribution < 1.29 is 23.8 Å². The van der Waals surface area contributed by atoms with E-state index in [9.17, 15) is 9.59 Å². The van der Waals surface area contributed by atoms with Crippen LogP contribution in [0.2, 0.25) is 25.7 Å². The van der Waals surface area contributed by atoms with E-state index in [-0.39, 0.29) is 11.8 Å². The molecule has 4 rings (SSSR count). The SMILES string of the molecule is COc1cc(N(C)C(=O)OC(C)(C)C)ncc1-c1cn(COCC[Si](C)(C)C)c2nc(NC(=O)C3CC3)ccc12. The van der Waals surface area contributed by atoms with Crippen LogP contribution in [0.15, 0.2) is 30.6 Å². The Labute approximate surface area is 237 Å². The van der Waals surface area contributed by atoms with Crippen molar-refractivity contribution in [2.75, 3.05) is 31.0 Å². The average Bonchev–Trinajstić information content (AvgIpc) is 3.67. The standard InChI is InChI=1S/C29H41N5O5Si/c1-29(2,3)39-28(36)33(4)25-15-23(37-5)21(16-30-25)22-17-34(18-38-13-14-40(6,7)8)26-20(22)11-12-24(31-26)32-27(35)19-9-10-19/h11-12,15-17,19H,9-10,13-14,18H2,1-8H3,(H,31,32,35). The van der Waals surface area contributed by atoms with Crippen LogP contribution in [0.5, 0.6) is 5.75 Å². The fourth-order valence-corrected chi connectivity index (χ4v) is 4.82. The molecule has 1 aliphatic carbocycles. The van der Waals surface area contributed by atoms with Crippen LogP contribution in [0.4, 0.5) is 16.4 Å². The van der Waals surface area contributed by atoms with E-state index in [0.29, 0.717) is 36.4 Å². The van der Waals surface area contributed by atoms with Crippen LogP contribution < -0.4 is 15.0 Å². The molecule has 40 heavy (non-hydrogen) atoms. The molecule has 0 atom stereocenters. The van der Waals surface area contributed by atoms with Gasteiger partial charge in [0, 0.05) is 62.6 Å². The van der Waals surface area contributed by atoms with Crippen LogP contribution in [0, 0.1) is 5.92 Å². The Hall–Kier alpha value is -3.44. The monoisotopic (exact) mass is 567 g/mol. The highest BCUT2D eigenvalue weighted by Crippen LogP contribution is 2.38. The van der Waals surface area contributed by atoms with Crippen LogP contribution in [0.25, 0.3) is 22.2 Å². The third kappa shape index (κ3) is 7.39. The van der Waals surface area contributed by atoms with E-state index >= 15 is 0 Å². The predicted molar refractivity (Wildman–Crippen MR) is 160 cm³/mol. The lowest BCUT2D eigenvalue weighted by Gasteiger charge is -2.24. The lowest BCUT2D eigenvalue weighted by molar-refractivity contribution is -0.117. The quantitative estimate of drug-likeness (QED) is 0.232. The number of nitrogens with one attached hydrogen (secondary N) is 1. The van der Waals surface area contributed by atoms with Gasteiger partial charge >= 0.3 is 6.09 Å². The molecular weight excluding hydrogens is 526 g/mol. The molecule has 0 spiro atoms.